The lowest BCUT2D eigenvalue weighted by Crippen LogP contribution is -2.56. The van der Waals surface area contributed by atoms with Gasteiger partial charge in [0.05, 0.1) is 11.6 Å². The molecule has 0 aromatic carbocycles. The van der Waals surface area contributed by atoms with Crippen molar-refractivity contribution in [3.05, 3.63) is 46.6 Å². The Kier molecular flexibility index (Phi) is 11.0. The van der Waals surface area contributed by atoms with Crippen LogP contribution < -0.4 is 16.0 Å². The maximum Gasteiger partial charge on any atom is 0.573 e. The normalized spacial score (nSPS) is 13.1. The number of ether oxygens (including phenoxy) is 1. The number of hydrogen-bond acceptors (Lipinski definition) is 5. The first kappa shape index (κ1) is 27.8. The van der Waals surface area contributed by atoms with Crippen molar-refractivity contribution >= 4 is 23.6 Å². The Hall–Kier alpha value is -2.20. The van der Waals surface area contributed by atoms with Crippen molar-refractivity contribution in [1.29, 1.82) is 0 Å². The number of amides is 2. The van der Waals surface area contributed by atoms with Gasteiger partial charge in [-0.05, 0) is 45.4 Å². The van der Waals surface area contributed by atoms with E-state index in [1.165, 1.54) is 20.8 Å². The van der Waals surface area contributed by atoms with E-state index in [1.807, 2.05) is 13.8 Å². The molecule has 0 fully saturated rings. The van der Waals surface area contributed by atoms with Gasteiger partial charge in [-0.2, -0.15) is 0 Å². The third kappa shape index (κ3) is 11.7. The summed E-state index contributed by atoms with van der Waals surface area (Å²) in [5.41, 5.74) is -0.784. The lowest BCUT2D eigenvalue weighted by atomic mass is 10.0. The van der Waals surface area contributed by atoms with Crippen molar-refractivity contribution in [3.8, 4) is 0 Å². The minimum absolute atomic E-state index is 0.0535. The summed E-state index contributed by atoms with van der Waals surface area (Å²) < 4.78 is 41.4. The van der Waals surface area contributed by atoms with E-state index in [4.69, 9.17) is 0 Å². The van der Waals surface area contributed by atoms with E-state index in [-0.39, 0.29) is 23.5 Å². The highest BCUT2D eigenvalue weighted by Gasteiger charge is 2.32. The summed E-state index contributed by atoms with van der Waals surface area (Å²) in [4.78, 5) is 24.8. The summed E-state index contributed by atoms with van der Waals surface area (Å²) in [5.74, 6) is -1.30. The van der Waals surface area contributed by atoms with Gasteiger partial charge in [0, 0.05) is 10.9 Å². The smallest absolute Gasteiger partial charge is 0.406 e. The largest absolute Gasteiger partial charge is 0.573 e. The molecule has 170 valence electrons. The number of rotatable bonds is 11. The van der Waals surface area contributed by atoms with Crippen LogP contribution in [0.5, 0.6) is 0 Å². The van der Waals surface area contributed by atoms with Crippen molar-refractivity contribution in [2.24, 2.45) is 0 Å². The van der Waals surface area contributed by atoms with Crippen LogP contribution in [0.3, 0.4) is 0 Å². The van der Waals surface area contributed by atoms with E-state index in [0.29, 0.717) is 10.5 Å². The third-order valence-corrected chi connectivity index (χ3v) is 4.42. The Bertz CT molecular complexity index is 727. The van der Waals surface area contributed by atoms with E-state index in [9.17, 15) is 22.8 Å². The molecule has 10 heteroatoms. The van der Waals surface area contributed by atoms with Crippen molar-refractivity contribution in [2.45, 2.75) is 59.5 Å². The Balaban J connectivity index is 5.12. The Morgan fingerprint density at radius 1 is 1.20 bits per heavy atom. The predicted octanol–water partition coefficient (Wildman–Crippen LogP) is 4.10. The molecule has 0 aliphatic heterocycles. The fraction of sp³-hybridized carbons (Fsp3) is 0.500. The van der Waals surface area contributed by atoms with Crippen LogP contribution in [0.2, 0.25) is 0 Å². The summed E-state index contributed by atoms with van der Waals surface area (Å²) in [7, 11) is 0. The number of halogens is 3. The van der Waals surface area contributed by atoms with Crippen molar-refractivity contribution in [3.63, 3.8) is 0 Å². The summed E-state index contributed by atoms with van der Waals surface area (Å²) in [6.07, 6.45) is -2.52. The van der Waals surface area contributed by atoms with Crippen LogP contribution in [0.15, 0.2) is 46.6 Å². The van der Waals surface area contributed by atoms with Gasteiger partial charge in [0.1, 0.15) is 11.3 Å². The standard InChI is InChI=1S/C20H30F3N3O3S/c1-9-15(29-20(21,22)23)10-16(12(2)3)30-14(6)25-18(28)19(7,8)26-17(27)11-24-13(4)5/h9-10,13,24H,2,6,11H2,1,3-5,7-8H3,(H,25,28)(H,26,27)/b15-9+,16-10+. The molecule has 0 saturated carbocycles. The summed E-state index contributed by atoms with van der Waals surface area (Å²) >= 11 is 0.922. The van der Waals surface area contributed by atoms with Gasteiger partial charge in [-0.25, -0.2) is 0 Å². The molecule has 0 unspecified atom stereocenters. The van der Waals surface area contributed by atoms with Gasteiger partial charge < -0.3 is 20.7 Å². The second-order valence-electron chi connectivity index (χ2n) is 7.22. The Labute approximate surface area is 180 Å². The van der Waals surface area contributed by atoms with E-state index in [0.717, 1.165) is 23.9 Å². The molecule has 0 bridgehead atoms. The molecule has 2 amide bonds. The first-order chi connectivity index (χ1) is 13.6. The van der Waals surface area contributed by atoms with Crippen LogP contribution in [0, 0.1) is 0 Å². The van der Waals surface area contributed by atoms with Crippen molar-refractivity contribution in [2.75, 3.05) is 6.54 Å². The number of allylic oxidation sites excluding steroid dienone is 3. The highest BCUT2D eigenvalue weighted by atomic mass is 32.2. The number of thioether (sulfide) groups is 1. The van der Waals surface area contributed by atoms with Crippen LogP contribution in [-0.2, 0) is 14.3 Å². The fourth-order valence-corrected chi connectivity index (χ4v) is 2.62. The number of carbonyl (C=O) groups excluding carboxylic acids is 2. The summed E-state index contributed by atoms with van der Waals surface area (Å²) in [6, 6.07) is 0.111. The minimum Gasteiger partial charge on any atom is -0.406 e. The highest BCUT2D eigenvalue weighted by molar-refractivity contribution is 8.06. The van der Waals surface area contributed by atoms with E-state index < -0.39 is 23.6 Å². The van der Waals surface area contributed by atoms with Crippen molar-refractivity contribution in [1.82, 2.24) is 16.0 Å². The molecule has 0 saturated heterocycles. The lowest BCUT2D eigenvalue weighted by Gasteiger charge is -2.26. The van der Waals surface area contributed by atoms with E-state index in [2.05, 4.69) is 33.8 Å². The molecule has 0 radical (unpaired) electrons. The van der Waals surface area contributed by atoms with E-state index >= 15 is 0 Å². The van der Waals surface area contributed by atoms with Crippen LogP contribution in [0.1, 0.15) is 41.5 Å². The van der Waals surface area contributed by atoms with E-state index in [1.54, 1.807) is 6.92 Å². The van der Waals surface area contributed by atoms with Crippen LogP contribution in [0.25, 0.3) is 0 Å². The number of nitrogens with one attached hydrogen (secondary N) is 3. The van der Waals surface area contributed by atoms with Crippen LogP contribution in [-0.4, -0.2) is 36.3 Å². The first-order valence-electron chi connectivity index (χ1n) is 9.09. The first-order valence-corrected chi connectivity index (χ1v) is 9.91. The molecular formula is C20H30F3N3O3S. The second-order valence-corrected chi connectivity index (χ2v) is 8.35. The van der Waals surface area contributed by atoms with Gasteiger partial charge in [-0.3, -0.25) is 9.59 Å². The molecule has 0 rings (SSSR count). The van der Waals surface area contributed by atoms with Gasteiger partial charge in [-0.1, -0.05) is 38.8 Å². The van der Waals surface area contributed by atoms with Gasteiger partial charge in [0.15, 0.2) is 0 Å². The molecule has 0 aromatic rings. The third-order valence-electron chi connectivity index (χ3n) is 3.39. The van der Waals surface area contributed by atoms with Gasteiger partial charge in [-0.15, -0.1) is 13.2 Å². The molecule has 0 atom stereocenters. The van der Waals surface area contributed by atoms with Gasteiger partial charge >= 0.3 is 6.36 Å². The molecule has 0 aromatic heterocycles. The Morgan fingerprint density at radius 3 is 2.20 bits per heavy atom. The molecule has 0 aliphatic rings. The number of hydrogen-bond donors (Lipinski definition) is 3. The highest BCUT2D eigenvalue weighted by Crippen LogP contribution is 2.31. The minimum atomic E-state index is -4.83. The molecule has 6 nitrogen and oxygen atoms in total. The SMILES string of the molecule is C=C(NC(=O)C(C)(C)NC(=O)CNC(C)C)S/C(=C/C(=C\C)OC(F)(F)F)C(=C)C. The average Bonchev–Trinajstić information content (AvgIpc) is 2.56. The predicted molar refractivity (Wildman–Crippen MR) is 114 cm³/mol. The van der Waals surface area contributed by atoms with Crippen LogP contribution >= 0.6 is 11.8 Å². The molecule has 0 aliphatic carbocycles. The topological polar surface area (TPSA) is 79.5 Å². The summed E-state index contributed by atoms with van der Waals surface area (Å²) in [6.45, 7) is 17.3. The molecule has 3 N–H and O–H groups in total. The quantitative estimate of drug-likeness (QED) is 0.327. The van der Waals surface area contributed by atoms with Crippen molar-refractivity contribution < 1.29 is 27.5 Å². The second kappa shape index (κ2) is 11.8. The monoisotopic (exact) mass is 449 g/mol. The zero-order valence-electron chi connectivity index (χ0n) is 18.1. The average molecular weight is 450 g/mol. The summed E-state index contributed by atoms with van der Waals surface area (Å²) in [5, 5.41) is 8.25. The van der Waals surface area contributed by atoms with Crippen LogP contribution in [0.4, 0.5) is 13.2 Å². The zero-order valence-corrected chi connectivity index (χ0v) is 18.9. The maximum absolute atomic E-state index is 12.5. The molecular weight excluding hydrogens is 419 g/mol. The fourth-order valence-electron chi connectivity index (χ4n) is 1.86. The lowest BCUT2D eigenvalue weighted by molar-refractivity contribution is -0.303. The molecule has 30 heavy (non-hydrogen) atoms. The van der Waals surface area contributed by atoms with Gasteiger partial charge in [0.25, 0.3) is 0 Å². The van der Waals surface area contributed by atoms with Gasteiger partial charge in [0.2, 0.25) is 11.8 Å². The molecule has 0 spiro atoms. The number of carbonyl (C=O) groups is 2. The maximum atomic E-state index is 12.5. The Morgan fingerprint density at radius 2 is 1.77 bits per heavy atom. The zero-order chi connectivity index (χ0) is 23.7. The molecule has 0 heterocycles. The number of alkyl halides is 3.